The maximum atomic E-state index is 12.8. The summed E-state index contributed by atoms with van der Waals surface area (Å²) in [6.45, 7) is 8.03. The number of nitrogens with one attached hydrogen (secondary N) is 1. The molecule has 2 heterocycles. The number of aryl methyl sites for hydroxylation is 4. The average molecular weight is 424 g/mol. The number of aromatic nitrogens is 2. The average Bonchev–Trinajstić information content (AvgIpc) is 3.26. The first kappa shape index (κ1) is 19.7. The number of furan rings is 1. The third-order valence-electron chi connectivity index (χ3n) is 4.81. The maximum absolute atomic E-state index is 12.8. The number of hydrogen-bond acceptors (Lipinski definition) is 6. The van der Waals surface area contributed by atoms with Crippen LogP contribution in [0.5, 0.6) is 0 Å². The fourth-order valence-electron chi connectivity index (χ4n) is 3.27. The lowest BCUT2D eigenvalue weighted by molar-refractivity contribution is 0.0998. The predicted octanol–water partition coefficient (Wildman–Crippen LogP) is 6.06. The number of nitrogens with zero attached hydrogens (tertiary/aromatic N) is 2. The van der Waals surface area contributed by atoms with Crippen LogP contribution in [0.15, 0.2) is 45.2 Å². The minimum absolute atomic E-state index is 0.303. The summed E-state index contributed by atoms with van der Waals surface area (Å²) in [6.07, 6.45) is 0. The van der Waals surface area contributed by atoms with Crippen molar-refractivity contribution in [3.8, 4) is 0 Å². The lowest BCUT2D eigenvalue weighted by Gasteiger charge is -2.02. The van der Waals surface area contributed by atoms with Crippen LogP contribution in [0, 0.1) is 27.7 Å². The number of hydrogen-bond donors (Lipinski definition) is 1. The van der Waals surface area contributed by atoms with Crippen LogP contribution in [0.25, 0.3) is 11.0 Å². The van der Waals surface area contributed by atoms with Crippen molar-refractivity contribution >= 4 is 45.1 Å². The van der Waals surface area contributed by atoms with Gasteiger partial charge in [0, 0.05) is 16.7 Å². The van der Waals surface area contributed by atoms with Gasteiger partial charge in [0.2, 0.25) is 5.13 Å². The van der Waals surface area contributed by atoms with Crippen LogP contribution in [0.4, 0.5) is 5.13 Å². The van der Waals surface area contributed by atoms with Crippen LogP contribution in [0.3, 0.4) is 0 Å². The van der Waals surface area contributed by atoms with E-state index in [0.29, 0.717) is 10.9 Å². The summed E-state index contributed by atoms with van der Waals surface area (Å²) in [5.74, 6) is 0.830. The molecule has 0 spiro atoms. The number of carbonyl (C=O) groups is 1. The van der Waals surface area contributed by atoms with E-state index in [1.54, 1.807) is 11.8 Å². The molecule has 0 radical (unpaired) electrons. The molecule has 0 saturated heterocycles. The van der Waals surface area contributed by atoms with E-state index in [9.17, 15) is 4.79 Å². The first-order chi connectivity index (χ1) is 13.9. The number of anilines is 1. The molecule has 0 fully saturated rings. The van der Waals surface area contributed by atoms with Gasteiger partial charge in [0.1, 0.15) is 5.58 Å². The largest absolute Gasteiger partial charge is 0.450 e. The Morgan fingerprint density at radius 2 is 1.90 bits per heavy atom. The Labute approximate surface area is 177 Å². The molecule has 29 heavy (non-hydrogen) atoms. The zero-order valence-electron chi connectivity index (χ0n) is 16.7. The molecular formula is C22H21N3O2S2. The molecule has 1 N–H and O–H groups in total. The second-order valence-corrected chi connectivity index (χ2v) is 9.26. The predicted molar refractivity (Wildman–Crippen MR) is 119 cm³/mol. The van der Waals surface area contributed by atoms with E-state index >= 15 is 0 Å². The number of amides is 1. The van der Waals surface area contributed by atoms with Gasteiger partial charge in [0.25, 0.3) is 5.91 Å². The normalized spacial score (nSPS) is 11.2. The van der Waals surface area contributed by atoms with Gasteiger partial charge in [-0.1, -0.05) is 53.4 Å². The number of carbonyl (C=O) groups excluding carboxylic acids is 1. The molecular weight excluding hydrogens is 402 g/mol. The van der Waals surface area contributed by atoms with Crippen molar-refractivity contribution in [3.63, 3.8) is 0 Å². The molecule has 0 aliphatic rings. The first-order valence-corrected chi connectivity index (χ1v) is 11.0. The lowest BCUT2D eigenvalue weighted by atomic mass is 10.1. The van der Waals surface area contributed by atoms with Crippen molar-refractivity contribution in [1.29, 1.82) is 0 Å². The molecule has 0 bridgehead atoms. The number of rotatable bonds is 5. The number of benzene rings is 2. The summed E-state index contributed by atoms with van der Waals surface area (Å²) in [7, 11) is 0. The van der Waals surface area contributed by atoms with Gasteiger partial charge in [-0.05, 0) is 56.0 Å². The van der Waals surface area contributed by atoms with E-state index in [-0.39, 0.29) is 5.91 Å². The summed E-state index contributed by atoms with van der Waals surface area (Å²) in [5, 5.41) is 12.6. The minimum atomic E-state index is -0.303. The smallest absolute Gasteiger partial charge is 0.293 e. The van der Waals surface area contributed by atoms with Crippen LogP contribution >= 0.6 is 23.1 Å². The van der Waals surface area contributed by atoms with Crippen molar-refractivity contribution in [2.24, 2.45) is 0 Å². The van der Waals surface area contributed by atoms with Crippen molar-refractivity contribution in [3.05, 3.63) is 70.0 Å². The van der Waals surface area contributed by atoms with E-state index in [1.165, 1.54) is 22.5 Å². The summed E-state index contributed by atoms with van der Waals surface area (Å²) >= 11 is 2.98. The van der Waals surface area contributed by atoms with Gasteiger partial charge in [-0.25, -0.2) is 0 Å². The molecule has 2 aromatic heterocycles. The fraction of sp³-hybridized carbons (Fsp3) is 0.227. The molecule has 4 aromatic rings. The Balaban J connectivity index is 1.48. The van der Waals surface area contributed by atoms with E-state index in [4.69, 9.17) is 4.42 Å². The summed E-state index contributed by atoms with van der Waals surface area (Å²) in [6, 6.07) is 12.4. The van der Waals surface area contributed by atoms with Gasteiger partial charge >= 0.3 is 0 Å². The second kappa shape index (κ2) is 8.00. The lowest BCUT2D eigenvalue weighted by Crippen LogP contribution is -2.11. The highest BCUT2D eigenvalue weighted by Crippen LogP contribution is 2.32. The Bertz CT molecular complexity index is 1210. The van der Waals surface area contributed by atoms with Crippen LogP contribution < -0.4 is 5.32 Å². The SMILES string of the molecule is Cc1cc(C)c2oc(C(=O)Nc3nnc(SCc4ccccc4C)s3)c(C)c2c1. The molecule has 0 aliphatic carbocycles. The van der Waals surface area contributed by atoms with Crippen molar-refractivity contribution in [1.82, 2.24) is 10.2 Å². The highest BCUT2D eigenvalue weighted by Gasteiger charge is 2.20. The van der Waals surface area contributed by atoms with Crippen molar-refractivity contribution in [2.75, 3.05) is 5.32 Å². The summed E-state index contributed by atoms with van der Waals surface area (Å²) in [4.78, 5) is 12.8. The monoisotopic (exact) mass is 423 g/mol. The molecule has 0 saturated carbocycles. The number of thioether (sulfide) groups is 1. The molecule has 2 aromatic carbocycles. The van der Waals surface area contributed by atoms with Crippen molar-refractivity contribution < 1.29 is 9.21 Å². The van der Waals surface area contributed by atoms with E-state index in [1.807, 2.05) is 39.0 Å². The highest BCUT2D eigenvalue weighted by molar-refractivity contribution is 8.00. The zero-order chi connectivity index (χ0) is 20.5. The van der Waals surface area contributed by atoms with Crippen LogP contribution in [-0.4, -0.2) is 16.1 Å². The van der Waals surface area contributed by atoms with Gasteiger partial charge in [-0.15, -0.1) is 10.2 Å². The van der Waals surface area contributed by atoms with Gasteiger partial charge in [-0.2, -0.15) is 0 Å². The quantitative estimate of drug-likeness (QED) is 0.312. The second-order valence-electron chi connectivity index (χ2n) is 7.06. The third kappa shape index (κ3) is 4.06. The molecule has 0 atom stereocenters. The molecule has 1 amide bonds. The van der Waals surface area contributed by atoms with Gasteiger partial charge in [0.05, 0.1) is 0 Å². The Kier molecular flexibility index (Phi) is 5.43. The molecule has 0 aliphatic heterocycles. The van der Waals surface area contributed by atoms with Gasteiger partial charge in [0.15, 0.2) is 10.1 Å². The fourth-order valence-corrected chi connectivity index (χ4v) is 5.09. The highest BCUT2D eigenvalue weighted by atomic mass is 32.2. The van der Waals surface area contributed by atoms with Crippen LogP contribution in [0.2, 0.25) is 0 Å². The van der Waals surface area contributed by atoms with E-state index in [0.717, 1.165) is 37.8 Å². The Morgan fingerprint density at radius 3 is 2.69 bits per heavy atom. The first-order valence-electron chi connectivity index (χ1n) is 9.25. The number of fused-ring (bicyclic) bond motifs is 1. The van der Waals surface area contributed by atoms with Gasteiger partial charge < -0.3 is 4.42 Å². The summed E-state index contributed by atoms with van der Waals surface area (Å²) < 4.78 is 6.70. The van der Waals surface area contributed by atoms with Gasteiger partial charge in [-0.3, -0.25) is 10.1 Å². The maximum Gasteiger partial charge on any atom is 0.293 e. The zero-order valence-corrected chi connectivity index (χ0v) is 18.3. The minimum Gasteiger partial charge on any atom is -0.450 e. The molecule has 4 rings (SSSR count). The van der Waals surface area contributed by atoms with Crippen LogP contribution in [0.1, 0.15) is 38.4 Å². The topological polar surface area (TPSA) is 68.0 Å². The van der Waals surface area contributed by atoms with E-state index < -0.39 is 0 Å². The van der Waals surface area contributed by atoms with Crippen LogP contribution in [-0.2, 0) is 5.75 Å². The standard InChI is InChI=1S/C22H21N3O2S2/c1-12-9-14(3)18-17(10-12)15(4)19(27-18)20(26)23-21-24-25-22(29-21)28-11-16-8-6-5-7-13(16)2/h5-10H,11H2,1-4H3,(H,23,24,26). The van der Waals surface area contributed by atoms with E-state index in [2.05, 4.69) is 40.6 Å². The molecule has 0 unspecified atom stereocenters. The summed E-state index contributed by atoms with van der Waals surface area (Å²) in [5.41, 5.74) is 6.27. The Hall–Kier alpha value is -2.64. The third-order valence-corrected chi connectivity index (χ3v) is 6.83. The van der Waals surface area contributed by atoms with Crippen molar-refractivity contribution in [2.45, 2.75) is 37.8 Å². The molecule has 5 nitrogen and oxygen atoms in total. The molecule has 7 heteroatoms. The Morgan fingerprint density at radius 1 is 1.10 bits per heavy atom. The molecule has 148 valence electrons.